The number of carbonyl (C=O) groups is 1. The molecule has 1 aliphatic rings. The van der Waals surface area contributed by atoms with Gasteiger partial charge in [-0.2, -0.15) is 4.98 Å². The Labute approximate surface area is 194 Å². The van der Waals surface area contributed by atoms with Crippen molar-refractivity contribution in [3.63, 3.8) is 0 Å². The first-order chi connectivity index (χ1) is 16.0. The van der Waals surface area contributed by atoms with Crippen molar-refractivity contribution in [3.8, 4) is 11.5 Å². The Morgan fingerprint density at radius 1 is 1.18 bits per heavy atom. The molecule has 0 spiro atoms. The van der Waals surface area contributed by atoms with Gasteiger partial charge < -0.3 is 19.3 Å². The van der Waals surface area contributed by atoms with Crippen LogP contribution in [0.4, 0.5) is 13.2 Å². The molecule has 7 nitrogen and oxygen atoms in total. The highest BCUT2D eigenvalue weighted by Crippen LogP contribution is 2.29. The molecule has 34 heavy (non-hydrogen) atoms. The third-order valence-electron chi connectivity index (χ3n) is 5.43. The fourth-order valence-electron chi connectivity index (χ4n) is 3.84. The largest absolute Gasteiger partial charge is 0.573 e. The summed E-state index contributed by atoms with van der Waals surface area (Å²) in [4.78, 5) is 30.8. The van der Waals surface area contributed by atoms with Gasteiger partial charge in [0, 0.05) is 25.6 Å². The van der Waals surface area contributed by atoms with Gasteiger partial charge in [0.25, 0.3) is 5.91 Å². The number of nitrogens with zero attached hydrogens (tertiary/aromatic N) is 3. The van der Waals surface area contributed by atoms with E-state index in [0.29, 0.717) is 29.8 Å². The fraction of sp³-hybridized carbons (Fsp3) is 0.292. The normalized spacial score (nSPS) is 14.5. The van der Waals surface area contributed by atoms with E-state index >= 15 is 0 Å². The Morgan fingerprint density at radius 2 is 1.82 bits per heavy atom. The van der Waals surface area contributed by atoms with Crippen LogP contribution in [0.2, 0.25) is 0 Å². The van der Waals surface area contributed by atoms with Crippen LogP contribution in [0, 0.1) is 0 Å². The molecule has 2 aromatic rings. The highest BCUT2D eigenvalue weighted by Gasteiger charge is 2.32. The Balaban J connectivity index is 2.04. The van der Waals surface area contributed by atoms with E-state index in [1.807, 2.05) is 13.8 Å². The first-order valence-electron chi connectivity index (χ1n) is 10.4. The lowest BCUT2D eigenvalue weighted by Crippen LogP contribution is -2.46. The Bertz CT molecular complexity index is 1210. The quantitative estimate of drug-likeness (QED) is 0.610. The molecule has 2 heterocycles. The van der Waals surface area contributed by atoms with Crippen LogP contribution >= 0.6 is 0 Å². The monoisotopic (exact) mass is 475 g/mol. The van der Waals surface area contributed by atoms with Crippen LogP contribution in [0.3, 0.4) is 0 Å². The van der Waals surface area contributed by atoms with E-state index in [0.717, 1.165) is 0 Å². The average Bonchev–Trinajstić information content (AvgIpc) is 2.76. The molecule has 0 radical (unpaired) electrons. The molecule has 1 aliphatic heterocycles. The summed E-state index contributed by atoms with van der Waals surface area (Å²) < 4.78 is 42.8. The molecule has 0 saturated carbocycles. The number of aromatic nitrogens is 2. The van der Waals surface area contributed by atoms with Crippen molar-refractivity contribution in [3.05, 3.63) is 82.6 Å². The molecular formula is C24H24F3N3O4. The number of hydrogen-bond donors (Lipinski definition) is 1. The Hall–Kier alpha value is -3.82. The van der Waals surface area contributed by atoms with Gasteiger partial charge in [-0.1, -0.05) is 37.4 Å². The van der Waals surface area contributed by atoms with Gasteiger partial charge in [0.2, 0.25) is 5.75 Å². The molecule has 0 atom stereocenters. The van der Waals surface area contributed by atoms with E-state index in [1.54, 1.807) is 4.90 Å². The van der Waals surface area contributed by atoms with Crippen molar-refractivity contribution in [1.82, 2.24) is 14.5 Å². The molecule has 1 aromatic heterocycles. The van der Waals surface area contributed by atoms with E-state index in [-0.39, 0.29) is 29.7 Å². The number of benzene rings is 1. The van der Waals surface area contributed by atoms with Crippen LogP contribution in [0.1, 0.15) is 35.7 Å². The molecule has 10 heteroatoms. The van der Waals surface area contributed by atoms with Gasteiger partial charge in [0.05, 0.1) is 0 Å². The summed E-state index contributed by atoms with van der Waals surface area (Å²) >= 11 is 0. The standard InChI is InChI=1S/C24H24F3N3O4/c1-5-15(18(6-2)16-7-9-17(10-8-16)34-24(25,26)27)13-19-28-22(32)21(31)20-23(33)29(14(3)4)11-12-30(19)20/h5-10,14,31H,1-2,11-13H2,3-4H3/b18-15-. The molecule has 180 valence electrons. The molecule has 1 N–H and O–H groups in total. The van der Waals surface area contributed by atoms with E-state index in [2.05, 4.69) is 22.9 Å². The second-order valence-corrected chi connectivity index (χ2v) is 7.87. The maximum atomic E-state index is 12.9. The first-order valence-corrected chi connectivity index (χ1v) is 10.4. The average molecular weight is 475 g/mol. The summed E-state index contributed by atoms with van der Waals surface area (Å²) in [6.07, 6.45) is -1.69. The van der Waals surface area contributed by atoms with Gasteiger partial charge in [-0.25, -0.2) is 0 Å². The zero-order valence-corrected chi connectivity index (χ0v) is 18.7. The molecule has 1 aromatic carbocycles. The highest BCUT2D eigenvalue weighted by atomic mass is 19.4. The summed E-state index contributed by atoms with van der Waals surface area (Å²) in [6, 6.07) is 5.12. The predicted molar refractivity (Wildman–Crippen MR) is 120 cm³/mol. The van der Waals surface area contributed by atoms with Crippen molar-refractivity contribution < 1.29 is 27.8 Å². The number of fused-ring (bicyclic) bond motifs is 1. The van der Waals surface area contributed by atoms with Gasteiger partial charge in [-0.3, -0.25) is 9.59 Å². The summed E-state index contributed by atoms with van der Waals surface area (Å²) in [5.74, 6) is -1.28. The smallest absolute Gasteiger partial charge is 0.501 e. The molecule has 0 saturated heterocycles. The maximum Gasteiger partial charge on any atom is 0.573 e. The van der Waals surface area contributed by atoms with Crippen molar-refractivity contribution in [2.45, 2.75) is 39.2 Å². The molecule has 0 aliphatic carbocycles. The van der Waals surface area contributed by atoms with Gasteiger partial charge in [-0.15, -0.1) is 13.2 Å². The van der Waals surface area contributed by atoms with E-state index in [1.165, 1.54) is 41.0 Å². The van der Waals surface area contributed by atoms with Gasteiger partial charge in [-0.05, 0) is 42.7 Å². The van der Waals surface area contributed by atoms with Crippen molar-refractivity contribution in [2.75, 3.05) is 6.54 Å². The summed E-state index contributed by atoms with van der Waals surface area (Å²) in [7, 11) is 0. The highest BCUT2D eigenvalue weighted by molar-refractivity contribution is 5.96. The number of aromatic hydroxyl groups is 1. The van der Waals surface area contributed by atoms with Gasteiger partial charge in [0.1, 0.15) is 11.6 Å². The summed E-state index contributed by atoms with van der Waals surface area (Å²) in [6.45, 7) is 12.0. The number of alkyl halides is 3. The van der Waals surface area contributed by atoms with Crippen molar-refractivity contribution in [2.24, 2.45) is 0 Å². The lowest BCUT2D eigenvalue weighted by Gasteiger charge is -2.34. The molecular weight excluding hydrogens is 451 g/mol. The van der Waals surface area contributed by atoms with Crippen LogP contribution in [-0.4, -0.2) is 44.4 Å². The van der Waals surface area contributed by atoms with Crippen LogP contribution < -0.4 is 10.3 Å². The van der Waals surface area contributed by atoms with Gasteiger partial charge in [0.15, 0.2) is 5.69 Å². The maximum absolute atomic E-state index is 12.9. The molecule has 0 fully saturated rings. The van der Waals surface area contributed by atoms with E-state index in [9.17, 15) is 27.9 Å². The topological polar surface area (TPSA) is 84.7 Å². The molecule has 0 bridgehead atoms. The number of amides is 1. The fourth-order valence-corrected chi connectivity index (χ4v) is 3.84. The van der Waals surface area contributed by atoms with Crippen molar-refractivity contribution >= 4 is 11.5 Å². The first kappa shape index (κ1) is 24.8. The number of allylic oxidation sites excluding steroid dienone is 4. The minimum atomic E-state index is -4.80. The molecule has 1 amide bonds. The lowest BCUT2D eigenvalue weighted by atomic mass is 9.97. The molecule has 3 rings (SSSR count). The number of halogens is 3. The van der Waals surface area contributed by atoms with Crippen LogP contribution in [0.15, 0.2) is 59.9 Å². The number of rotatable bonds is 7. The second kappa shape index (κ2) is 9.58. The number of ether oxygens (including phenoxy) is 1. The van der Waals surface area contributed by atoms with Crippen LogP contribution in [-0.2, 0) is 13.0 Å². The Kier molecular flexibility index (Phi) is 6.99. The zero-order valence-electron chi connectivity index (χ0n) is 18.7. The minimum Gasteiger partial charge on any atom is -0.501 e. The third kappa shape index (κ3) is 5.05. The SMILES string of the molecule is C=C/C(Cc1nc(=O)c(O)c2n1CCN(C(C)C)C2=O)=C(\C=C)c1ccc(OC(F)(F)F)cc1. The summed E-state index contributed by atoms with van der Waals surface area (Å²) in [5.41, 5.74) is 0.632. The predicted octanol–water partition coefficient (Wildman–Crippen LogP) is 4.08. The van der Waals surface area contributed by atoms with E-state index in [4.69, 9.17) is 0 Å². The lowest BCUT2D eigenvalue weighted by molar-refractivity contribution is -0.274. The minimum absolute atomic E-state index is 0.0726. The summed E-state index contributed by atoms with van der Waals surface area (Å²) in [5, 5.41) is 10.3. The van der Waals surface area contributed by atoms with Crippen LogP contribution in [0.5, 0.6) is 11.5 Å². The van der Waals surface area contributed by atoms with Gasteiger partial charge >= 0.3 is 11.9 Å². The third-order valence-corrected chi connectivity index (χ3v) is 5.43. The van der Waals surface area contributed by atoms with E-state index < -0.39 is 23.6 Å². The molecule has 0 unspecified atom stereocenters. The van der Waals surface area contributed by atoms with Crippen LogP contribution in [0.25, 0.3) is 5.57 Å². The van der Waals surface area contributed by atoms with Crippen molar-refractivity contribution in [1.29, 1.82) is 0 Å². The Morgan fingerprint density at radius 3 is 2.35 bits per heavy atom. The second-order valence-electron chi connectivity index (χ2n) is 7.87. The number of hydrogen-bond acceptors (Lipinski definition) is 5. The number of carbonyl (C=O) groups excluding carboxylic acids is 1. The zero-order chi connectivity index (χ0) is 25.2.